The molecule has 0 aliphatic carbocycles. The normalized spacial score (nSPS) is 19.9. The number of carbonyl (C=O) groups excluding carboxylic acids is 2. The molecule has 1 heterocycles. The highest BCUT2D eigenvalue weighted by Crippen LogP contribution is 2.00. The van der Waals surface area contributed by atoms with Gasteiger partial charge in [0, 0.05) is 39.6 Å². The molecule has 1 atom stereocenters. The Kier molecular flexibility index (Phi) is 6.36. The molecule has 0 aromatic heterocycles. The third-order valence-electron chi connectivity index (χ3n) is 2.63. The van der Waals surface area contributed by atoms with Crippen LogP contribution in [0.3, 0.4) is 0 Å². The third kappa shape index (κ3) is 4.37. The van der Waals surface area contributed by atoms with Crippen LogP contribution in [-0.4, -0.2) is 60.9 Å². The Bertz CT molecular complexity index is 260. The van der Waals surface area contributed by atoms with E-state index in [-0.39, 0.29) is 30.8 Å². The molecular formula is C10H20ClN3O2. The van der Waals surface area contributed by atoms with Crippen LogP contribution in [0.4, 0.5) is 0 Å². The number of likely N-dealkylation sites (N-methyl/N-ethyl adjacent to an activating group) is 1. The lowest BCUT2D eigenvalue weighted by molar-refractivity contribution is -0.139. The summed E-state index contributed by atoms with van der Waals surface area (Å²) in [4.78, 5) is 26.0. The first-order valence-corrected chi connectivity index (χ1v) is 5.23. The van der Waals surface area contributed by atoms with Gasteiger partial charge in [-0.25, -0.2) is 0 Å². The molecule has 1 fully saturated rings. The summed E-state index contributed by atoms with van der Waals surface area (Å²) in [5.41, 5.74) is 0. The Morgan fingerprint density at radius 2 is 2.12 bits per heavy atom. The van der Waals surface area contributed by atoms with Gasteiger partial charge in [0.05, 0.1) is 6.54 Å². The topological polar surface area (TPSA) is 52.7 Å². The highest BCUT2D eigenvalue weighted by molar-refractivity contribution is 5.85. The van der Waals surface area contributed by atoms with Crippen LogP contribution in [0.25, 0.3) is 0 Å². The van der Waals surface area contributed by atoms with E-state index < -0.39 is 0 Å². The van der Waals surface area contributed by atoms with E-state index >= 15 is 0 Å². The minimum absolute atomic E-state index is 0. The van der Waals surface area contributed by atoms with E-state index in [1.807, 2.05) is 6.92 Å². The second-order valence-electron chi connectivity index (χ2n) is 4.07. The predicted octanol–water partition coefficient (Wildman–Crippen LogP) is -0.293. The van der Waals surface area contributed by atoms with Gasteiger partial charge in [-0.2, -0.15) is 0 Å². The van der Waals surface area contributed by atoms with Crippen molar-refractivity contribution in [1.82, 2.24) is 15.1 Å². The maximum absolute atomic E-state index is 11.8. The van der Waals surface area contributed by atoms with Gasteiger partial charge in [-0.3, -0.25) is 9.59 Å². The fourth-order valence-corrected chi connectivity index (χ4v) is 1.57. The Labute approximate surface area is 103 Å². The van der Waals surface area contributed by atoms with Crippen molar-refractivity contribution in [1.29, 1.82) is 0 Å². The fraction of sp³-hybridized carbons (Fsp3) is 0.800. The van der Waals surface area contributed by atoms with Gasteiger partial charge in [0.1, 0.15) is 0 Å². The van der Waals surface area contributed by atoms with Crippen molar-refractivity contribution in [3.63, 3.8) is 0 Å². The van der Waals surface area contributed by atoms with Crippen LogP contribution in [0, 0.1) is 0 Å². The zero-order valence-corrected chi connectivity index (χ0v) is 10.8. The van der Waals surface area contributed by atoms with Gasteiger partial charge >= 0.3 is 0 Å². The van der Waals surface area contributed by atoms with Gasteiger partial charge in [-0.15, -0.1) is 12.4 Å². The van der Waals surface area contributed by atoms with Crippen molar-refractivity contribution < 1.29 is 9.59 Å². The number of halogens is 1. The van der Waals surface area contributed by atoms with Crippen LogP contribution >= 0.6 is 12.4 Å². The summed E-state index contributed by atoms with van der Waals surface area (Å²) in [5.74, 6) is -0.0485. The monoisotopic (exact) mass is 249 g/mol. The second-order valence-corrected chi connectivity index (χ2v) is 4.07. The summed E-state index contributed by atoms with van der Waals surface area (Å²) in [6.07, 6.45) is 0. The van der Waals surface area contributed by atoms with E-state index in [4.69, 9.17) is 0 Å². The van der Waals surface area contributed by atoms with Crippen LogP contribution in [0.1, 0.15) is 13.8 Å². The molecule has 1 rings (SSSR count). The number of hydrogen-bond acceptors (Lipinski definition) is 3. The van der Waals surface area contributed by atoms with Crippen molar-refractivity contribution in [2.24, 2.45) is 0 Å². The van der Waals surface area contributed by atoms with Crippen LogP contribution in [0.15, 0.2) is 0 Å². The molecule has 0 unspecified atom stereocenters. The van der Waals surface area contributed by atoms with E-state index in [1.165, 1.54) is 11.8 Å². The highest BCUT2D eigenvalue weighted by atomic mass is 35.5. The molecule has 2 amide bonds. The molecule has 1 aliphatic heterocycles. The van der Waals surface area contributed by atoms with Crippen LogP contribution < -0.4 is 5.32 Å². The first-order chi connectivity index (χ1) is 7.00. The molecule has 0 bridgehead atoms. The summed E-state index contributed by atoms with van der Waals surface area (Å²) in [6.45, 7) is 5.99. The number of nitrogens with zero attached hydrogens (tertiary/aromatic N) is 2. The van der Waals surface area contributed by atoms with E-state index in [9.17, 15) is 9.59 Å². The first kappa shape index (κ1) is 15.2. The molecule has 16 heavy (non-hydrogen) atoms. The lowest BCUT2D eigenvalue weighted by Gasteiger charge is -2.32. The fourth-order valence-electron chi connectivity index (χ4n) is 1.57. The minimum atomic E-state index is -0.0773. The number of piperazine rings is 1. The quantitative estimate of drug-likeness (QED) is 0.732. The standard InChI is InChI=1S/C10H19N3O2.ClH/c1-8-6-13(5-4-11-8)10(15)7-12(3)9(2)14;/h8,11H,4-7H2,1-3H3;1H/t8-;/m0./s1. The largest absolute Gasteiger partial charge is 0.338 e. The molecule has 0 aromatic rings. The molecule has 5 nitrogen and oxygen atoms in total. The van der Waals surface area contributed by atoms with Gasteiger partial charge in [0.15, 0.2) is 0 Å². The second kappa shape index (κ2) is 6.70. The van der Waals surface area contributed by atoms with Gasteiger partial charge < -0.3 is 15.1 Å². The molecule has 1 saturated heterocycles. The molecule has 1 N–H and O–H groups in total. The van der Waals surface area contributed by atoms with Crippen molar-refractivity contribution >= 4 is 24.2 Å². The van der Waals surface area contributed by atoms with Gasteiger partial charge in [0.25, 0.3) is 0 Å². The molecule has 0 saturated carbocycles. The average Bonchev–Trinajstić information content (AvgIpc) is 2.17. The Morgan fingerprint density at radius 3 is 2.62 bits per heavy atom. The Morgan fingerprint density at radius 1 is 1.50 bits per heavy atom. The first-order valence-electron chi connectivity index (χ1n) is 5.23. The number of hydrogen-bond donors (Lipinski definition) is 1. The van der Waals surface area contributed by atoms with Gasteiger partial charge in [0.2, 0.25) is 11.8 Å². The SMILES string of the molecule is CC(=O)N(C)CC(=O)N1CCN[C@@H](C)C1.Cl. The summed E-state index contributed by atoms with van der Waals surface area (Å²) >= 11 is 0. The molecular weight excluding hydrogens is 230 g/mol. The van der Waals surface area contributed by atoms with Crippen molar-refractivity contribution in [2.75, 3.05) is 33.2 Å². The van der Waals surface area contributed by atoms with Crippen molar-refractivity contribution in [2.45, 2.75) is 19.9 Å². The number of rotatable bonds is 2. The number of nitrogens with one attached hydrogen (secondary N) is 1. The zero-order chi connectivity index (χ0) is 11.4. The lowest BCUT2D eigenvalue weighted by atomic mass is 10.2. The van der Waals surface area contributed by atoms with Gasteiger partial charge in [-0.1, -0.05) is 0 Å². The molecule has 0 spiro atoms. The van der Waals surface area contributed by atoms with E-state index in [0.717, 1.165) is 19.6 Å². The summed E-state index contributed by atoms with van der Waals surface area (Å²) < 4.78 is 0. The minimum Gasteiger partial charge on any atom is -0.338 e. The number of carbonyl (C=O) groups is 2. The Hall–Kier alpha value is -0.810. The lowest BCUT2D eigenvalue weighted by Crippen LogP contribution is -2.53. The molecule has 1 aliphatic rings. The third-order valence-corrected chi connectivity index (χ3v) is 2.63. The number of amides is 2. The van der Waals surface area contributed by atoms with Crippen LogP contribution in [0.2, 0.25) is 0 Å². The maximum atomic E-state index is 11.8. The summed E-state index contributed by atoms with van der Waals surface area (Å²) in [6, 6.07) is 0.338. The molecule has 6 heteroatoms. The van der Waals surface area contributed by atoms with Crippen molar-refractivity contribution in [3.8, 4) is 0 Å². The molecule has 94 valence electrons. The highest BCUT2D eigenvalue weighted by Gasteiger charge is 2.21. The predicted molar refractivity (Wildman–Crippen MR) is 64.6 cm³/mol. The molecule has 0 aromatic carbocycles. The average molecular weight is 250 g/mol. The van der Waals surface area contributed by atoms with Crippen LogP contribution in [-0.2, 0) is 9.59 Å². The van der Waals surface area contributed by atoms with E-state index in [0.29, 0.717) is 6.04 Å². The smallest absolute Gasteiger partial charge is 0.242 e. The van der Waals surface area contributed by atoms with Crippen LogP contribution in [0.5, 0.6) is 0 Å². The van der Waals surface area contributed by atoms with E-state index in [1.54, 1.807) is 11.9 Å². The summed E-state index contributed by atoms with van der Waals surface area (Å²) in [7, 11) is 1.64. The van der Waals surface area contributed by atoms with Crippen molar-refractivity contribution in [3.05, 3.63) is 0 Å². The summed E-state index contributed by atoms with van der Waals surface area (Å²) in [5, 5.41) is 3.27. The van der Waals surface area contributed by atoms with Gasteiger partial charge in [-0.05, 0) is 6.92 Å². The Balaban J connectivity index is 0.00000225. The van der Waals surface area contributed by atoms with E-state index in [2.05, 4.69) is 5.32 Å². The molecule has 0 radical (unpaired) electrons. The zero-order valence-electron chi connectivity index (χ0n) is 10.0. The maximum Gasteiger partial charge on any atom is 0.242 e.